The molecule has 122 valence electrons. The number of benzene rings is 1. The number of rotatable bonds is 5. The lowest BCUT2D eigenvalue weighted by Gasteiger charge is -2.07. The van der Waals surface area contributed by atoms with E-state index in [-0.39, 0.29) is 5.91 Å². The van der Waals surface area contributed by atoms with E-state index in [0.717, 1.165) is 23.5 Å². The number of hydrogen-bond acceptors (Lipinski definition) is 3. The second kappa shape index (κ2) is 7.08. The Bertz CT molecular complexity index is 825. The molecule has 2 heterocycles. The smallest absolute Gasteiger partial charge is 0.251 e. The third-order valence-electron chi connectivity index (χ3n) is 4.05. The van der Waals surface area contributed by atoms with Crippen LogP contribution in [-0.2, 0) is 6.42 Å². The molecule has 0 spiro atoms. The molecule has 3 rings (SSSR count). The van der Waals surface area contributed by atoms with Crippen molar-refractivity contribution in [3.05, 3.63) is 77.4 Å². The van der Waals surface area contributed by atoms with Crippen LogP contribution >= 0.6 is 0 Å². The van der Waals surface area contributed by atoms with Crippen molar-refractivity contribution in [1.82, 2.24) is 20.1 Å². The maximum Gasteiger partial charge on any atom is 0.251 e. The average Bonchev–Trinajstić information content (AvgIpc) is 2.91. The second-order valence-corrected chi connectivity index (χ2v) is 5.64. The van der Waals surface area contributed by atoms with Gasteiger partial charge < -0.3 is 5.32 Å². The lowest BCUT2D eigenvalue weighted by molar-refractivity contribution is 0.0954. The van der Waals surface area contributed by atoms with E-state index in [4.69, 9.17) is 0 Å². The van der Waals surface area contributed by atoms with Crippen LogP contribution < -0.4 is 5.32 Å². The summed E-state index contributed by atoms with van der Waals surface area (Å²) in [5, 5.41) is 7.58. The van der Waals surface area contributed by atoms with Crippen molar-refractivity contribution in [2.24, 2.45) is 0 Å². The normalized spacial score (nSPS) is 10.6. The highest BCUT2D eigenvalue weighted by molar-refractivity contribution is 5.93. The number of nitrogens with zero attached hydrogens (tertiary/aromatic N) is 3. The summed E-state index contributed by atoms with van der Waals surface area (Å²) in [7, 11) is 0. The monoisotopic (exact) mass is 320 g/mol. The molecule has 1 N–H and O–H groups in total. The summed E-state index contributed by atoms with van der Waals surface area (Å²) in [5.74, 6) is -0.0804. The Hall–Kier alpha value is -2.95. The average molecular weight is 320 g/mol. The van der Waals surface area contributed by atoms with E-state index < -0.39 is 0 Å². The number of aromatic nitrogens is 3. The third kappa shape index (κ3) is 3.35. The molecule has 1 amide bonds. The van der Waals surface area contributed by atoms with Crippen molar-refractivity contribution in [3.8, 4) is 5.69 Å². The lowest BCUT2D eigenvalue weighted by Crippen LogP contribution is -2.25. The fourth-order valence-corrected chi connectivity index (χ4v) is 2.76. The van der Waals surface area contributed by atoms with Crippen molar-refractivity contribution in [2.75, 3.05) is 6.54 Å². The molecule has 24 heavy (non-hydrogen) atoms. The zero-order valence-corrected chi connectivity index (χ0v) is 13.9. The van der Waals surface area contributed by atoms with Gasteiger partial charge in [0, 0.05) is 30.2 Å². The van der Waals surface area contributed by atoms with Crippen LogP contribution in [0.2, 0.25) is 0 Å². The number of carbonyl (C=O) groups excluding carboxylic acids is 1. The summed E-state index contributed by atoms with van der Waals surface area (Å²) in [6.07, 6.45) is 3.99. The minimum atomic E-state index is -0.0804. The van der Waals surface area contributed by atoms with Crippen LogP contribution in [0.3, 0.4) is 0 Å². The Morgan fingerprint density at radius 2 is 1.79 bits per heavy atom. The molecular weight excluding hydrogens is 300 g/mol. The van der Waals surface area contributed by atoms with Crippen LogP contribution in [0.4, 0.5) is 0 Å². The summed E-state index contributed by atoms with van der Waals surface area (Å²) >= 11 is 0. The molecule has 5 nitrogen and oxygen atoms in total. The molecule has 0 saturated carbocycles. The minimum Gasteiger partial charge on any atom is -0.352 e. The Labute approximate surface area is 141 Å². The summed E-state index contributed by atoms with van der Waals surface area (Å²) in [4.78, 5) is 16.0. The fourth-order valence-electron chi connectivity index (χ4n) is 2.76. The molecule has 0 aliphatic heterocycles. The van der Waals surface area contributed by atoms with Crippen molar-refractivity contribution >= 4 is 5.91 Å². The van der Waals surface area contributed by atoms with Gasteiger partial charge in [0.2, 0.25) is 0 Å². The van der Waals surface area contributed by atoms with Gasteiger partial charge in [-0.3, -0.25) is 9.78 Å². The van der Waals surface area contributed by atoms with Gasteiger partial charge in [0.15, 0.2) is 0 Å². The first-order chi connectivity index (χ1) is 11.7. The number of para-hydroxylation sites is 1. The predicted octanol–water partition coefficient (Wildman–Crippen LogP) is 2.86. The molecule has 5 heteroatoms. The SMILES string of the molecule is Cc1nn(-c2ccccc2)c(C)c1CCNC(=O)c1ccncc1. The van der Waals surface area contributed by atoms with E-state index in [2.05, 4.69) is 22.3 Å². The summed E-state index contributed by atoms with van der Waals surface area (Å²) in [6, 6.07) is 13.5. The van der Waals surface area contributed by atoms with Gasteiger partial charge in [0.05, 0.1) is 11.4 Å². The van der Waals surface area contributed by atoms with E-state index in [1.165, 1.54) is 5.56 Å². The Morgan fingerprint density at radius 1 is 1.08 bits per heavy atom. The Kier molecular flexibility index (Phi) is 4.70. The zero-order chi connectivity index (χ0) is 16.9. The van der Waals surface area contributed by atoms with Gasteiger partial charge >= 0.3 is 0 Å². The van der Waals surface area contributed by atoms with Crippen LogP contribution in [-0.4, -0.2) is 27.2 Å². The van der Waals surface area contributed by atoms with Crippen molar-refractivity contribution in [3.63, 3.8) is 0 Å². The second-order valence-electron chi connectivity index (χ2n) is 5.64. The Morgan fingerprint density at radius 3 is 2.50 bits per heavy atom. The number of hydrogen-bond donors (Lipinski definition) is 1. The first-order valence-corrected chi connectivity index (χ1v) is 7.95. The summed E-state index contributed by atoms with van der Waals surface area (Å²) < 4.78 is 1.95. The van der Waals surface area contributed by atoms with Crippen LogP contribution in [0.25, 0.3) is 5.69 Å². The van der Waals surface area contributed by atoms with Crippen LogP contribution in [0.1, 0.15) is 27.3 Å². The molecule has 0 radical (unpaired) electrons. The Balaban J connectivity index is 1.68. The molecule has 0 unspecified atom stereocenters. The van der Waals surface area contributed by atoms with Crippen LogP contribution in [0.5, 0.6) is 0 Å². The van der Waals surface area contributed by atoms with E-state index in [1.807, 2.05) is 41.9 Å². The van der Waals surface area contributed by atoms with E-state index >= 15 is 0 Å². The van der Waals surface area contributed by atoms with Crippen LogP contribution in [0, 0.1) is 13.8 Å². The number of nitrogens with one attached hydrogen (secondary N) is 1. The highest BCUT2D eigenvalue weighted by Gasteiger charge is 2.13. The molecular formula is C19H20N4O. The molecule has 3 aromatic rings. The van der Waals surface area contributed by atoms with Gasteiger partial charge in [-0.1, -0.05) is 18.2 Å². The maximum absolute atomic E-state index is 12.1. The summed E-state index contributed by atoms with van der Waals surface area (Å²) in [5.41, 5.74) is 4.95. The molecule has 0 saturated heterocycles. The number of amides is 1. The van der Waals surface area contributed by atoms with Crippen molar-refractivity contribution in [2.45, 2.75) is 20.3 Å². The quantitative estimate of drug-likeness (QED) is 0.786. The minimum absolute atomic E-state index is 0.0804. The zero-order valence-electron chi connectivity index (χ0n) is 13.9. The predicted molar refractivity (Wildman–Crippen MR) is 93.3 cm³/mol. The van der Waals surface area contributed by atoms with E-state index in [0.29, 0.717) is 12.1 Å². The van der Waals surface area contributed by atoms with Crippen LogP contribution in [0.15, 0.2) is 54.9 Å². The van der Waals surface area contributed by atoms with Crippen molar-refractivity contribution < 1.29 is 4.79 Å². The highest BCUT2D eigenvalue weighted by atomic mass is 16.1. The molecule has 0 aliphatic carbocycles. The largest absolute Gasteiger partial charge is 0.352 e. The lowest BCUT2D eigenvalue weighted by atomic mass is 10.1. The summed E-state index contributed by atoms with van der Waals surface area (Å²) in [6.45, 7) is 4.64. The molecule has 2 aromatic heterocycles. The first-order valence-electron chi connectivity index (χ1n) is 7.95. The van der Waals surface area contributed by atoms with Gasteiger partial charge in [0.25, 0.3) is 5.91 Å². The van der Waals surface area contributed by atoms with Gasteiger partial charge in [-0.05, 0) is 50.1 Å². The number of carbonyl (C=O) groups is 1. The molecule has 0 fully saturated rings. The topological polar surface area (TPSA) is 59.8 Å². The number of aryl methyl sites for hydroxylation is 1. The van der Waals surface area contributed by atoms with Gasteiger partial charge in [-0.25, -0.2) is 4.68 Å². The first kappa shape index (κ1) is 15.9. The van der Waals surface area contributed by atoms with Crippen molar-refractivity contribution in [1.29, 1.82) is 0 Å². The highest BCUT2D eigenvalue weighted by Crippen LogP contribution is 2.18. The third-order valence-corrected chi connectivity index (χ3v) is 4.05. The number of pyridine rings is 1. The molecule has 0 aliphatic rings. The van der Waals surface area contributed by atoms with Gasteiger partial charge in [0.1, 0.15) is 0 Å². The maximum atomic E-state index is 12.1. The van der Waals surface area contributed by atoms with Gasteiger partial charge in [-0.2, -0.15) is 5.10 Å². The van der Waals surface area contributed by atoms with Gasteiger partial charge in [-0.15, -0.1) is 0 Å². The fraction of sp³-hybridized carbons (Fsp3) is 0.211. The molecule has 0 bridgehead atoms. The standard InChI is InChI=1S/C19H20N4O/c1-14-18(10-13-21-19(24)16-8-11-20-12-9-16)15(2)23(22-14)17-6-4-3-5-7-17/h3-9,11-12H,10,13H2,1-2H3,(H,21,24). The van der Waals surface area contributed by atoms with E-state index in [9.17, 15) is 4.79 Å². The van der Waals surface area contributed by atoms with E-state index in [1.54, 1.807) is 24.5 Å². The molecule has 0 atom stereocenters. The molecule has 1 aromatic carbocycles.